The number of rotatable bonds is 8. The van der Waals surface area contributed by atoms with Gasteiger partial charge in [0.2, 0.25) is 0 Å². The molecule has 0 unspecified atom stereocenters. The van der Waals surface area contributed by atoms with Crippen LogP contribution in [0.3, 0.4) is 0 Å². The number of nitrogens with zero attached hydrogens (tertiary/aromatic N) is 2. The van der Waals surface area contributed by atoms with Crippen LogP contribution in [0.15, 0.2) is 47.6 Å². The van der Waals surface area contributed by atoms with Crippen LogP contribution in [0.25, 0.3) is 0 Å². The fourth-order valence-electron chi connectivity index (χ4n) is 2.02. The molecule has 0 spiro atoms. The van der Waals surface area contributed by atoms with E-state index < -0.39 is 10.8 Å². The van der Waals surface area contributed by atoms with Gasteiger partial charge in [-0.05, 0) is 18.2 Å². The number of nitro groups is 1. The molecular weight excluding hydrogens is 342 g/mol. The molecule has 0 atom stereocenters. The first-order valence-corrected chi connectivity index (χ1v) is 7.45. The number of nitrogens with one attached hydrogen (secondary N) is 1. The molecule has 0 heterocycles. The van der Waals surface area contributed by atoms with Crippen molar-refractivity contribution in [1.29, 1.82) is 0 Å². The average Bonchev–Trinajstić information content (AvgIpc) is 2.66. The number of ether oxygens (including phenoxy) is 3. The minimum absolute atomic E-state index is 0.150. The Morgan fingerprint density at radius 1 is 1.19 bits per heavy atom. The van der Waals surface area contributed by atoms with Crippen LogP contribution in [0.1, 0.15) is 5.56 Å². The van der Waals surface area contributed by atoms with Crippen LogP contribution < -0.4 is 19.6 Å². The first-order valence-electron chi connectivity index (χ1n) is 7.45. The average molecular weight is 359 g/mol. The number of hydrazone groups is 1. The minimum Gasteiger partial charge on any atom is -0.493 e. The first-order chi connectivity index (χ1) is 12.5. The lowest BCUT2D eigenvalue weighted by atomic mass is 10.1. The largest absolute Gasteiger partial charge is 0.493 e. The summed E-state index contributed by atoms with van der Waals surface area (Å²) in [6.45, 7) is -0.241. The molecule has 9 nitrogen and oxygen atoms in total. The lowest BCUT2D eigenvalue weighted by Crippen LogP contribution is -2.24. The number of methoxy groups -OCH3 is 2. The van der Waals surface area contributed by atoms with Gasteiger partial charge >= 0.3 is 0 Å². The highest BCUT2D eigenvalue weighted by atomic mass is 16.6. The third-order valence-corrected chi connectivity index (χ3v) is 3.24. The van der Waals surface area contributed by atoms with Crippen molar-refractivity contribution < 1.29 is 23.9 Å². The van der Waals surface area contributed by atoms with E-state index in [9.17, 15) is 14.9 Å². The van der Waals surface area contributed by atoms with Gasteiger partial charge in [0, 0.05) is 0 Å². The zero-order chi connectivity index (χ0) is 18.9. The number of benzene rings is 2. The highest BCUT2D eigenvalue weighted by molar-refractivity contribution is 5.88. The topological polar surface area (TPSA) is 112 Å². The number of hydrogen-bond donors (Lipinski definition) is 1. The Labute approximate surface area is 149 Å². The molecule has 0 aliphatic carbocycles. The quantitative estimate of drug-likeness (QED) is 0.439. The highest BCUT2D eigenvalue weighted by Crippen LogP contribution is 2.33. The number of hydrogen-bond acceptors (Lipinski definition) is 7. The molecule has 9 heteroatoms. The molecule has 0 radical (unpaired) electrons. The van der Waals surface area contributed by atoms with Gasteiger partial charge in [-0.25, -0.2) is 5.43 Å². The molecule has 0 aromatic heterocycles. The van der Waals surface area contributed by atoms with Crippen LogP contribution in [0.4, 0.5) is 5.69 Å². The summed E-state index contributed by atoms with van der Waals surface area (Å²) < 4.78 is 15.4. The maximum absolute atomic E-state index is 11.7. The number of para-hydroxylation sites is 1. The van der Waals surface area contributed by atoms with E-state index in [0.717, 1.165) is 6.21 Å². The molecule has 0 aliphatic rings. The molecule has 2 rings (SSSR count). The van der Waals surface area contributed by atoms with E-state index in [2.05, 4.69) is 10.5 Å². The fourth-order valence-corrected chi connectivity index (χ4v) is 2.02. The Bertz CT molecular complexity index is 808. The van der Waals surface area contributed by atoms with E-state index in [-0.39, 0.29) is 23.6 Å². The van der Waals surface area contributed by atoms with Gasteiger partial charge in [0.15, 0.2) is 18.1 Å². The molecule has 2 aromatic carbocycles. The second kappa shape index (κ2) is 9.02. The smallest absolute Gasteiger partial charge is 0.282 e. The van der Waals surface area contributed by atoms with E-state index in [1.54, 1.807) is 24.3 Å². The molecule has 2 aromatic rings. The lowest BCUT2D eigenvalue weighted by Gasteiger charge is -2.08. The fraction of sp³-hybridized carbons (Fsp3) is 0.176. The Morgan fingerprint density at radius 3 is 2.46 bits per heavy atom. The molecule has 0 saturated carbocycles. The van der Waals surface area contributed by atoms with Crippen LogP contribution in [0, 0.1) is 10.1 Å². The van der Waals surface area contributed by atoms with Gasteiger partial charge in [-0.15, -0.1) is 0 Å². The molecule has 0 saturated heterocycles. The van der Waals surface area contributed by atoms with E-state index >= 15 is 0 Å². The van der Waals surface area contributed by atoms with Crippen molar-refractivity contribution in [1.82, 2.24) is 5.43 Å². The monoisotopic (exact) mass is 359 g/mol. The van der Waals surface area contributed by atoms with Crippen molar-refractivity contribution in [3.8, 4) is 17.2 Å². The summed E-state index contributed by atoms with van der Waals surface area (Å²) in [4.78, 5) is 22.3. The van der Waals surface area contributed by atoms with E-state index in [4.69, 9.17) is 14.2 Å². The number of amides is 1. The zero-order valence-corrected chi connectivity index (χ0v) is 14.2. The van der Waals surface area contributed by atoms with Crippen molar-refractivity contribution >= 4 is 17.8 Å². The van der Waals surface area contributed by atoms with Crippen molar-refractivity contribution in [2.24, 2.45) is 5.10 Å². The van der Waals surface area contributed by atoms with Gasteiger partial charge in [-0.3, -0.25) is 14.9 Å². The second-order valence-electron chi connectivity index (χ2n) is 4.92. The molecule has 0 aliphatic heterocycles. The molecule has 26 heavy (non-hydrogen) atoms. The van der Waals surface area contributed by atoms with E-state index in [0.29, 0.717) is 11.5 Å². The van der Waals surface area contributed by atoms with Gasteiger partial charge in [0.25, 0.3) is 11.6 Å². The number of carbonyl (C=O) groups excluding carboxylic acids is 1. The first kappa shape index (κ1) is 18.7. The maximum atomic E-state index is 11.7. The summed E-state index contributed by atoms with van der Waals surface area (Å²) in [6, 6.07) is 11.4. The normalized spacial score (nSPS) is 10.4. The Hall–Kier alpha value is -3.62. The summed E-state index contributed by atoms with van der Waals surface area (Å²) in [5.41, 5.74) is 2.16. The summed E-state index contributed by atoms with van der Waals surface area (Å²) >= 11 is 0. The molecular formula is C17H17N3O6. The van der Waals surface area contributed by atoms with Gasteiger partial charge in [0.05, 0.1) is 37.0 Å². The third-order valence-electron chi connectivity index (χ3n) is 3.24. The molecule has 1 amide bonds. The molecule has 0 fully saturated rings. The molecule has 0 bridgehead atoms. The third kappa shape index (κ3) is 4.94. The maximum Gasteiger partial charge on any atom is 0.282 e. The van der Waals surface area contributed by atoms with Crippen LogP contribution in [-0.2, 0) is 4.79 Å². The zero-order valence-electron chi connectivity index (χ0n) is 14.2. The van der Waals surface area contributed by atoms with E-state index in [1.807, 2.05) is 6.07 Å². The Kier molecular flexibility index (Phi) is 6.49. The predicted octanol–water partition coefficient (Wildman–Crippen LogP) is 2.14. The van der Waals surface area contributed by atoms with E-state index in [1.165, 1.54) is 26.4 Å². The van der Waals surface area contributed by atoms with Crippen molar-refractivity contribution in [3.63, 3.8) is 0 Å². The molecule has 136 valence electrons. The highest BCUT2D eigenvalue weighted by Gasteiger charge is 2.18. The van der Waals surface area contributed by atoms with Crippen molar-refractivity contribution in [3.05, 3.63) is 58.1 Å². The summed E-state index contributed by atoms with van der Waals surface area (Å²) in [6.07, 6.45) is 1.15. The number of nitro benzene ring substituents is 1. The second-order valence-corrected chi connectivity index (χ2v) is 4.92. The van der Waals surface area contributed by atoms with Crippen LogP contribution in [0.5, 0.6) is 17.2 Å². The van der Waals surface area contributed by atoms with Gasteiger partial charge in [0.1, 0.15) is 5.75 Å². The van der Waals surface area contributed by atoms with Gasteiger partial charge < -0.3 is 14.2 Å². The summed E-state index contributed by atoms with van der Waals surface area (Å²) in [5, 5.41) is 14.9. The van der Waals surface area contributed by atoms with Crippen molar-refractivity contribution in [2.45, 2.75) is 0 Å². The minimum atomic E-state index is -0.580. The summed E-state index contributed by atoms with van der Waals surface area (Å²) in [7, 11) is 2.79. The van der Waals surface area contributed by atoms with Crippen LogP contribution in [0.2, 0.25) is 0 Å². The van der Waals surface area contributed by atoms with Crippen molar-refractivity contribution in [2.75, 3.05) is 20.8 Å². The SMILES string of the molecule is COc1cc(/C=N/NC(=O)COc2ccccc2)c([N+](=O)[O-])cc1OC. The van der Waals surface area contributed by atoms with Gasteiger partial charge in [-0.2, -0.15) is 5.10 Å². The van der Waals surface area contributed by atoms with Crippen LogP contribution in [-0.4, -0.2) is 37.9 Å². The Morgan fingerprint density at radius 2 is 1.85 bits per heavy atom. The Balaban J connectivity index is 2.04. The predicted molar refractivity (Wildman–Crippen MR) is 93.9 cm³/mol. The standard InChI is InChI=1S/C17H17N3O6/c1-24-15-8-12(14(20(22)23)9-16(15)25-2)10-18-19-17(21)11-26-13-6-4-3-5-7-13/h3-10H,11H2,1-2H3,(H,19,21)/b18-10+. The molecule has 1 N–H and O–H groups in total. The number of carbonyl (C=O) groups is 1. The van der Waals surface area contributed by atoms with Crippen LogP contribution >= 0.6 is 0 Å². The summed E-state index contributed by atoms with van der Waals surface area (Å²) in [5.74, 6) is 0.560. The lowest BCUT2D eigenvalue weighted by molar-refractivity contribution is -0.385. The van der Waals surface area contributed by atoms with Gasteiger partial charge in [-0.1, -0.05) is 18.2 Å².